The largest absolute Gasteiger partial charge is 0.356 e. The van der Waals surface area contributed by atoms with Gasteiger partial charge in [-0.3, -0.25) is 30.9 Å². The first kappa shape index (κ1) is 23.1. The Kier molecular flexibility index (Phi) is 8.24. The van der Waals surface area contributed by atoms with Gasteiger partial charge in [-0.1, -0.05) is 0 Å². The molecule has 0 aliphatic carbocycles. The average molecular weight is 432 g/mol. The second-order valence-electron chi connectivity index (χ2n) is 6.47. The van der Waals surface area contributed by atoms with Crippen LogP contribution >= 0.6 is 0 Å². The summed E-state index contributed by atoms with van der Waals surface area (Å²) in [4.78, 5) is 58.9. The number of carbonyl (C=O) groups is 2. The minimum atomic E-state index is -0.729. The third-order valence-electron chi connectivity index (χ3n) is 3.65. The first-order chi connectivity index (χ1) is 14.7. The van der Waals surface area contributed by atoms with Crippen molar-refractivity contribution in [2.75, 3.05) is 23.7 Å². The molecular formula is C17H24N10O4. The van der Waals surface area contributed by atoms with Crippen LogP contribution in [0.15, 0.2) is 21.7 Å². The summed E-state index contributed by atoms with van der Waals surface area (Å²) in [6.45, 7) is 4.07. The summed E-state index contributed by atoms with van der Waals surface area (Å²) in [5.41, 5.74) is 0.167. The van der Waals surface area contributed by atoms with Crippen LogP contribution in [0.3, 0.4) is 0 Å². The number of aromatic amines is 2. The lowest BCUT2D eigenvalue weighted by Crippen LogP contribution is -2.43. The number of aromatic nitrogens is 4. The SMILES string of the molecule is Cc1cc(=O)nc(NC(=O)NCCCCNC(=N)NC(=O)Nc2nc(=O)cc(C)[nH]2)[nH]1. The highest BCUT2D eigenvalue weighted by Crippen LogP contribution is 1.96. The molecule has 0 aliphatic heterocycles. The van der Waals surface area contributed by atoms with Gasteiger partial charge >= 0.3 is 12.1 Å². The second-order valence-corrected chi connectivity index (χ2v) is 6.47. The van der Waals surface area contributed by atoms with E-state index in [9.17, 15) is 19.2 Å². The fourth-order valence-electron chi connectivity index (χ4n) is 2.39. The van der Waals surface area contributed by atoms with Gasteiger partial charge in [0.05, 0.1) is 0 Å². The van der Waals surface area contributed by atoms with E-state index in [1.54, 1.807) is 13.8 Å². The van der Waals surface area contributed by atoms with Gasteiger partial charge in [0.2, 0.25) is 11.9 Å². The third kappa shape index (κ3) is 8.76. The van der Waals surface area contributed by atoms with Gasteiger partial charge < -0.3 is 20.6 Å². The van der Waals surface area contributed by atoms with E-state index in [1.165, 1.54) is 12.1 Å². The average Bonchev–Trinajstić information content (AvgIpc) is 2.62. The Balaban J connectivity index is 1.59. The van der Waals surface area contributed by atoms with Gasteiger partial charge in [-0.05, 0) is 26.7 Å². The fraction of sp³-hybridized carbons (Fsp3) is 0.353. The molecule has 4 amide bonds. The molecule has 2 heterocycles. The van der Waals surface area contributed by atoms with Crippen LogP contribution in [0.25, 0.3) is 0 Å². The highest BCUT2D eigenvalue weighted by molar-refractivity contribution is 6.00. The van der Waals surface area contributed by atoms with E-state index in [0.29, 0.717) is 37.3 Å². The molecule has 0 bridgehead atoms. The number of urea groups is 2. The number of nitrogens with one attached hydrogen (secondary N) is 8. The van der Waals surface area contributed by atoms with E-state index >= 15 is 0 Å². The van der Waals surface area contributed by atoms with Crippen LogP contribution in [0, 0.1) is 19.3 Å². The summed E-state index contributed by atoms with van der Waals surface area (Å²) in [5, 5.41) is 20.0. The molecule has 2 aromatic heterocycles. The number of hydrogen-bond donors (Lipinski definition) is 8. The minimum absolute atomic E-state index is 0.0235. The van der Waals surface area contributed by atoms with Gasteiger partial charge in [0, 0.05) is 36.6 Å². The third-order valence-corrected chi connectivity index (χ3v) is 3.65. The van der Waals surface area contributed by atoms with Crippen LogP contribution in [-0.2, 0) is 0 Å². The van der Waals surface area contributed by atoms with Crippen molar-refractivity contribution in [3.05, 3.63) is 44.2 Å². The van der Waals surface area contributed by atoms with Gasteiger partial charge in [-0.25, -0.2) is 9.59 Å². The number of amides is 4. The zero-order valence-corrected chi connectivity index (χ0v) is 17.0. The number of H-pyrrole nitrogens is 2. The standard InChI is InChI=1S/C17H24N10O4/c1-9-7-11(28)23-14(21-9)26-16(30)20-6-4-3-5-19-13(18)25-17(31)27-15-22-10(2)8-12(29)24-15/h7-8H,3-6H2,1-2H3,(H3,20,21,23,26,28,30)(H5,18,19,22,24,25,27,29,31). The molecule has 0 aliphatic rings. The van der Waals surface area contributed by atoms with E-state index in [0.717, 1.165) is 0 Å². The molecule has 0 spiro atoms. The minimum Gasteiger partial charge on any atom is -0.356 e. The molecule has 0 fully saturated rings. The molecule has 0 atom stereocenters. The van der Waals surface area contributed by atoms with Crippen molar-refractivity contribution in [1.29, 1.82) is 5.41 Å². The van der Waals surface area contributed by atoms with Gasteiger partial charge in [-0.2, -0.15) is 9.97 Å². The van der Waals surface area contributed by atoms with Crippen molar-refractivity contribution in [2.45, 2.75) is 26.7 Å². The summed E-state index contributed by atoms with van der Waals surface area (Å²) >= 11 is 0. The number of nitrogens with zero attached hydrogens (tertiary/aromatic N) is 2. The van der Waals surface area contributed by atoms with Crippen LogP contribution < -0.4 is 37.7 Å². The highest BCUT2D eigenvalue weighted by atomic mass is 16.2. The predicted molar refractivity (Wildman–Crippen MR) is 113 cm³/mol. The Morgan fingerprint density at radius 2 is 1.35 bits per heavy atom. The van der Waals surface area contributed by atoms with Gasteiger partial charge in [0.1, 0.15) is 0 Å². The molecule has 0 aromatic carbocycles. The molecule has 0 saturated carbocycles. The molecule has 166 valence electrons. The lowest BCUT2D eigenvalue weighted by molar-refractivity contribution is 0.251. The number of carbonyl (C=O) groups excluding carboxylic acids is 2. The fourth-order valence-corrected chi connectivity index (χ4v) is 2.39. The van der Waals surface area contributed by atoms with Crippen molar-refractivity contribution >= 4 is 29.9 Å². The van der Waals surface area contributed by atoms with Gasteiger partial charge in [0.15, 0.2) is 5.96 Å². The number of aryl methyl sites for hydroxylation is 2. The Labute approximate surface area is 176 Å². The monoisotopic (exact) mass is 432 g/mol. The molecule has 2 rings (SSSR count). The Morgan fingerprint density at radius 1 is 0.871 bits per heavy atom. The molecular weight excluding hydrogens is 408 g/mol. The summed E-state index contributed by atoms with van der Waals surface area (Å²) in [6.07, 6.45) is 1.21. The van der Waals surface area contributed by atoms with E-state index in [-0.39, 0.29) is 17.9 Å². The van der Waals surface area contributed by atoms with Crippen LogP contribution in [0.5, 0.6) is 0 Å². The first-order valence-electron chi connectivity index (χ1n) is 9.32. The van der Waals surface area contributed by atoms with Crippen molar-refractivity contribution in [2.24, 2.45) is 0 Å². The van der Waals surface area contributed by atoms with Crippen molar-refractivity contribution < 1.29 is 9.59 Å². The Morgan fingerprint density at radius 3 is 1.87 bits per heavy atom. The molecule has 2 aromatic rings. The number of unbranched alkanes of at least 4 members (excludes halogenated alkanes) is 1. The van der Waals surface area contributed by atoms with E-state index in [2.05, 4.69) is 46.5 Å². The Hall–Kier alpha value is -4.23. The molecule has 8 N–H and O–H groups in total. The molecule has 0 radical (unpaired) electrons. The number of hydrogen-bond acceptors (Lipinski definition) is 7. The number of rotatable bonds is 7. The van der Waals surface area contributed by atoms with E-state index in [4.69, 9.17) is 5.41 Å². The van der Waals surface area contributed by atoms with Crippen LogP contribution in [0.4, 0.5) is 21.5 Å². The smallest absolute Gasteiger partial charge is 0.328 e. The zero-order chi connectivity index (χ0) is 22.8. The topological polar surface area (TPSA) is 210 Å². The number of anilines is 2. The maximum atomic E-state index is 11.8. The molecule has 14 heteroatoms. The van der Waals surface area contributed by atoms with Crippen molar-refractivity contribution in [3.63, 3.8) is 0 Å². The van der Waals surface area contributed by atoms with Gasteiger partial charge in [-0.15, -0.1) is 0 Å². The summed E-state index contributed by atoms with van der Waals surface area (Å²) in [7, 11) is 0. The van der Waals surface area contributed by atoms with Crippen LogP contribution in [-0.4, -0.2) is 51.0 Å². The maximum absolute atomic E-state index is 11.8. The Bertz CT molecular complexity index is 1060. The van der Waals surface area contributed by atoms with Crippen molar-refractivity contribution in [1.82, 2.24) is 35.9 Å². The van der Waals surface area contributed by atoms with Crippen LogP contribution in [0.1, 0.15) is 24.2 Å². The number of guanidine groups is 1. The maximum Gasteiger partial charge on any atom is 0.328 e. The van der Waals surface area contributed by atoms with Crippen molar-refractivity contribution in [3.8, 4) is 0 Å². The lowest BCUT2D eigenvalue weighted by Gasteiger charge is -2.10. The zero-order valence-electron chi connectivity index (χ0n) is 17.0. The molecule has 0 saturated heterocycles. The quantitative estimate of drug-likeness (QED) is 0.166. The van der Waals surface area contributed by atoms with Gasteiger partial charge in [0.25, 0.3) is 11.1 Å². The molecule has 14 nitrogen and oxygen atoms in total. The van der Waals surface area contributed by atoms with Crippen LogP contribution in [0.2, 0.25) is 0 Å². The molecule has 31 heavy (non-hydrogen) atoms. The summed E-state index contributed by atoms with van der Waals surface area (Å²) < 4.78 is 0. The van der Waals surface area contributed by atoms with E-state index in [1.807, 2.05) is 0 Å². The first-order valence-corrected chi connectivity index (χ1v) is 9.32. The predicted octanol–water partition coefficient (Wildman–Crippen LogP) is -0.282. The highest BCUT2D eigenvalue weighted by Gasteiger charge is 2.07. The normalized spacial score (nSPS) is 10.1. The summed E-state index contributed by atoms with van der Waals surface area (Å²) in [5.74, 6) is -0.191. The summed E-state index contributed by atoms with van der Waals surface area (Å²) in [6, 6.07) is 1.36. The van der Waals surface area contributed by atoms with E-state index < -0.39 is 23.2 Å². The lowest BCUT2D eigenvalue weighted by atomic mass is 10.3. The second kappa shape index (κ2) is 11.1. The molecule has 0 unspecified atom stereocenters.